The molecular weight excluding hydrogens is 400 g/mol. The molecule has 3 N–H and O–H groups in total. The molecule has 0 spiro atoms. The average molecular weight is 441 g/mol. The van der Waals surface area contributed by atoms with E-state index in [9.17, 15) is 0 Å². The lowest BCUT2D eigenvalue weighted by Crippen LogP contribution is -2.05. The summed E-state index contributed by atoms with van der Waals surface area (Å²) in [6, 6.07) is 17.9. The first-order valence-corrected chi connectivity index (χ1v) is 12.4. The predicted octanol–water partition coefficient (Wildman–Crippen LogP) is 7.82. The number of hydrogen-bond acceptors (Lipinski definition) is 4. The molecule has 170 valence electrons. The summed E-state index contributed by atoms with van der Waals surface area (Å²) >= 11 is 1.77. The van der Waals surface area contributed by atoms with Gasteiger partial charge in [-0.15, -0.1) is 11.8 Å². The molecule has 2 aromatic rings. The van der Waals surface area contributed by atoms with Crippen molar-refractivity contribution in [1.82, 2.24) is 5.32 Å². The molecule has 0 bridgehead atoms. The molecule has 4 heteroatoms. The molecule has 1 heterocycles. The zero-order chi connectivity index (χ0) is 22.9. The van der Waals surface area contributed by atoms with E-state index in [2.05, 4.69) is 36.7 Å². The number of benzene rings is 2. The fraction of sp³-hybridized carbons (Fsp3) is 0.407. The van der Waals surface area contributed by atoms with E-state index >= 15 is 0 Å². The first-order chi connectivity index (χ1) is 15.3. The van der Waals surface area contributed by atoms with Crippen molar-refractivity contribution in [3.8, 4) is 11.5 Å². The Balaban J connectivity index is 0.000000366. The zero-order valence-corrected chi connectivity index (χ0v) is 20.5. The molecule has 31 heavy (non-hydrogen) atoms. The standard InChI is InChI=1S/C17H15NOS.C7H14.C2H6.CH5N/c1-2-16-17(18-12-20-16)13-8-10-15(11-9-13)19-14-6-4-3-5-7-14;1-7-5-3-2-4-6-7;2*1-2/h2-11,18H,1,12H2;7H,2-6H2,1H3;1-2H3;2H2,1H3. The maximum Gasteiger partial charge on any atom is 0.127 e. The third-order valence-electron chi connectivity index (χ3n) is 4.92. The van der Waals surface area contributed by atoms with Gasteiger partial charge in [-0.1, -0.05) is 83.7 Å². The van der Waals surface area contributed by atoms with Crippen LogP contribution in [0.3, 0.4) is 0 Å². The Morgan fingerprint density at radius 1 is 0.935 bits per heavy atom. The van der Waals surface area contributed by atoms with Crippen molar-refractivity contribution in [3.05, 3.63) is 77.7 Å². The minimum absolute atomic E-state index is 0.839. The van der Waals surface area contributed by atoms with Gasteiger partial charge >= 0.3 is 0 Å². The third kappa shape index (κ3) is 9.67. The van der Waals surface area contributed by atoms with Crippen LogP contribution in [0, 0.1) is 5.92 Å². The average Bonchev–Trinajstić information content (AvgIpc) is 3.33. The first-order valence-electron chi connectivity index (χ1n) is 11.4. The molecule has 0 atom stereocenters. The van der Waals surface area contributed by atoms with Crippen LogP contribution in [-0.4, -0.2) is 12.9 Å². The summed E-state index contributed by atoms with van der Waals surface area (Å²) in [7, 11) is 1.50. The Kier molecular flexibility index (Phi) is 14.3. The lowest BCUT2D eigenvalue weighted by molar-refractivity contribution is 0.385. The SMILES string of the molecule is C=CC1=C(c2ccc(Oc3ccccc3)cc2)NCS1.CC.CC1CCCCC1.CN. The molecule has 0 saturated heterocycles. The van der Waals surface area contributed by atoms with Crippen molar-refractivity contribution in [2.24, 2.45) is 11.7 Å². The van der Waals surface area contributed by atoms with Gasteiger partial charge in [-0.3, -0.25) is 0 Å². The molecular formula is C27H40N2OS. The van der Waals surface area contributed by atoms with Gasteiger partial charge in [0.25, 0.3) is 0 Å². The van der Waals surface area contributed by atoms with Gasteiger partial charge in [0.1, 0.15) is 11.5 Å². The molecule has 3 nitrogen and oxygen atoms in total. The molecule has 1 fully saturated rings. The van der Waals surface area contributed by atoms with E-state index in [0.29, 0.717) is 0 Å². The van der Waals surface area contributed by atoms with E-state index in [1.165, 1.54) is 44.1 Å². The highest BCUT2D eigenvalue weighted by Gasteiger charge is 2.13. The van der Waals surface area contributed by atoms with Crippen LogP contribution in [0.5, 0.6) is 11.5 Å². The van der Waals surface area contributed by atoms with Gasteiger partial charge in [-0.2, -0.15) is 0 Å². The normalized spacial score (nSPS) is 15.1. The van der Waals surface area contributed by atoms with Crippen LogP contribution in [-0.2, 0) is 0 Å². The quantitative estimate of drug-likeness (QED) is 0.509. The van der Waals surface area contributed by atoms with Crippen molar-refractivity contribution in [2.75, 3.05) is 12.9 Å². The fourth-order valence-corrected chi connectivity index (χ4v) is 4.20. The summed E-state index contributed by atoms with van der Waals surface area (Å²) in [4.78, 5) is 1.20. The number of ether oxygens (including phenoxy) is 1. The number of allylic oxidation sites excluding steroid dienone is 1. The second-order valence-electron chi connectivity index (χ2n) is 7.09. The number of hydrogen-bond donors (Lipinski definition) is 2. The maximum absolute atomic E-state index is 5.79. The zero-order valence-electron chi connectivity index (χ0n) is 19.7. The highest BCUT2D eigenvalue weighted by Crippen LogP contribution is 2.32. The van der Waals surface area contributed by atoms with Crippen LogP contribution in [0.15, 0.2) is 72.2 Å². The summed E-state index contributed by atoms with van der Waals surface area (Å²) < 4.78 is 5.79. The van der Waals surface area contributed by atoms with Crippen LogP contribution in [0.25, 0.3) is 5.70 Å². The van der Waals surface area contributed by atoms with Crippen LogP contribution >= 0.6 is 11.8 Å². The van der Waals surface area contributed by atoms with Gasteiger partial charge in [0.15, 0.2) is 0 Å². The molecule has 0 aromatic heterocycles. The monoisotopic (exact) mass is 440 g/mol. The van der Waals surface area contributed by atoms with Crippen molar-refractivity contribution >= 4 is 17.5 Å². The maximum atomic E-state index is 5.79. The summed E-state index contributed by atoms with van der Waals surface area (Å²) in [6.07, 6.45) is 9.33. The smallest absolute Gasteiger partial charge is 0.127 e. The lowest BCUT2D eigenvalue weighted by Gasteiger charge is -2.15. The van der Waals surface area contributed by atoms with Crippen LogP contribution in [0.4, 0.5) is 0 Å². The van der Waals surface area contributed by atoms with Crippen LogP contribution in [0.1, 0.15) is 58.4 Å². The minimum atomic E-state index is 0.839. The predicted molar refractivity (Wildman–Crippen MR) is 139 cm³/mol. The van der Waals surface area contributed by atoms with Gasteiger partial charge in [0, 0.05) is 4.91 Å². The van der Waals surface area contributed by atoms with Crippen LogP contribution < -0.4 is 15.8 Å². The summed E-state index contributed by atoms with van der Waals surface area (Å²) in [5.74, 6) is 3.62. The second kappa shape index (κ2) is 16.5. The van der Waals surface area contributed by atoms with Gasteiger partial charge in [0.05, 0.1) is 11.6 Å². The first kappa shape index (κ1) is 26.9. The number of rotatable bonds is 4. The minimum Gasteiger partial charge on any atom is -0.457 e. The highest BCUT2D eigenvalue weighted by molar-refractivity contribution is 8.03. The van der Waals surface area contributed by atoms with Gasteiger partial charge in [-0.05, 0) is 54.9 Å². The fourth-order valence-electron chi connectivity index (χ4n) is 3.37. The number of nitrogens with two attached hydrogens (primary N) is 1. The molecule has 0 amide bonds. The topological polar surface area (TPSA) is 47.3 Å². The third-order valence-corrected chi connectivity index (χ3v) is 5.89. The van der Waals surface area contributed by atoms with E-state index in [0.717, 1.165) is 34.6 Å². The molecule has 1 saturated carbocycles. The van der Waals surface area contributed by atoms with E-state index in [1.807, 2.05) is 62.4 Å². The van der Waals surface area contributed by atoms with Crippen LogP contribution in [0.2, 0.25) is 0 Å². The van der Waals surface area contributed by atoms with E-state index in [4.69, 9.17) is 4.74 Å². The Hall–Kier alpha value is -2.17. The molecule has 1 aliphatic heterocycles. The molecule has 1 aliphatic carbocycles. The van der Waals surface area contributed by atoms with Gasteiger partial charge in [0.2, 0.25) is 0 Å². The van der Waals surface area contributed by atoms with E-state index < -0.39 is 0 Å². The van der Waals surface area contributed by atoms with E-state index in [-0.39, 0.29) is 0 Å². The molecule has 0 radical (unpaired) electrons. The summed E-state index contributed by atoms with van der Waals surface area (Å²) in [5.41, 5.74) is 6.81. The van der Waals surface area contributed by atoms with Crippen molar-refractivity contribution in [2.45, 2.75) is 52.9 Å². The number of para-hydroxylation sites is 1. The molecule has 4 rings (SSSR count). The highest BCUT2D eigenvalue weighted by atomic mass is 32.2. The Labute approximate surface area is 194 Å². The van der Waals surface area contributed by atoms with E-state index in [1.54, 1.807) is 11.8 Å². The van der Waals surface area contributed by atoms with Crippen molar-refractivity contribution in [3.63, 3.8) is 0 Å². The van der Waals surface area contributed by atoms with Gasteiger partial charge in [-0.25, -0.2) is 0 Å². The van der Waals surface area contributed by atoms with Crippen molar-refractivity contribution < 1.29 is 4.74 Å². The summed E-state index contributed by atoms with van der Waals surface area (Å²) in [6.45, 7) is 10.2. The Bertz CT molecular complexity index is 751. The second-order valence-corrected chi connectivity index (χ2v) is 8.11. The number of thioether (sulfide) groups is 1. The Morgan fingerprint density at radius 2 is 1.52 bits per heavy atom. The molecule has 2 aromatic carbocycles. The van der Waals surface area contributed by atoms with Crippen molar-refractivity contribution in [1.29, 1.82) is 0 Å². The molecule has 2 aliphatic rings. The molecule has 0 unspecified atom stereocenters. The lowest BCUT2D eigenvalue weighted by atomic mass is 9.91. The number of nitrogens with one attached hydrogen (secondary N) is 1. The Morgan fingerprint density at radius 3 is 2.03 bits per heavy atom. The summed E-state index contributed by atoms with van der Waals surface area (Å²) in [5, 5.41) is 3.37. The largest absolute Gasteiger partial charge is 0.457 e. The van der Waals surface area contributed by atoms with Gasteiger partial charge < -0.3 is 15.8 Å².